The summed E-state index contributed by atoms with van der Waals surface area (Å²) in [5, 5.41) is 14.9. The number of carbonyl (C=O) groups is 1. The number of nitrogens with one attached hydrogen (secondary N) is 1. The van der Waals surface area contributed by atoms with Crippen molar-refractivity contribution < 1.29 is 28.5 Å². The zero-order chi connectivity index (χ0) is 18.6. The molecule has 140 valence electrons. The van der Waals surface area contributed by atoms with Gasteiger partial charge in [0.05, 0.1) is 6.26 Å². The van der Waals surface area contributed by atoms with Crippen molar-refractivity contribution in [3.8, 4) is 28.0 Å². The quantitative estimate of drug-likeness (QED) is 0.640. The Morgan fingerprint density at radius 2 is 2.22 bits per heavy atom. The molecule has 3 aromatic rings. The number of thiazole rings is 1. The molecule has 0 saturated heterocycles. The molecule has 2 N–H and O–H groups in total. The van der Waals surface area contributed by atoms with Crippen molar-refractivity contribution in [1.29, 1.82) is 0 Å². The molecule has 0 spiro atoms. The summed E-state index contributed by atoms with van der Waals surface area (Å²) in [7, 11) is 0. The Balaban J connectivity index is 1.25. The number of rotatable bonds is 7. The highest BCUT2D eigenvalue weighted by molar-refractivity contribution is 7.13. The summed E-state index contributed by atoms with van der Waals surface area (Å²) in [4.78, 5) is 16.4. The number of hydrogen-bond acceptors (Lipinski definition) is 8. The Bertz CT molecular complexity index is 924. The first-order valence-electron chi connectivity index (χ1n) is 8.17. The lowest BCUT2D eigenvalue weighted by Gasteiger charge is -2.13. The first-order valence-corrected chi connectivity index (χ1v) is 9.05. The number of fused-ring (bicyclic) bond motifs is 1. The van der Waals surface area contributed by atoms with Crippen LogP contribution in [0.2, 0.25) is 0 Å². The van der Waals surface area contributed by atoms with E-state index in [1.54, 1.807) is 42.0 Å². The largest absolute Gasteiger partial charge is 0.491 e. The number of aliphatic hydroxyl groups is 1. The summed E-state index contributed by atoms with van der Waals surface area (Å²) in [6, 6.07) is 8.69. The molecular weight excluding hydrogens is 372 g/mol. The van der Waals surface area contributed by atoms with E-state index in [0.717, 1.165) is 0 Å². The van der Waals surface area contributed by atoms with Gasteiger partial charge >= 0.3 is 0 Å². The number of carbonyl (C=O) groups excluding carboxylic acids is 1. The molecule has 0 saturated carbocycles. The first kappa shape index (κ1) is 17.4. The fourth-order valence-corrected chi connectivity index (χ4v) is 3.18. The van der Waals surface area contributed by atoms with Crippen LogP contribution in [0.25, 0.3) is 10.8 Å². The van der Waals surface area contributed by atoms with Gasteiger partial charge in [-0.15, -0.1) is 11.3 Å². The van der Waals surface area contributed by atoms with E-state index in [2.05, 4.69) is 10.3 Å². The zero-order valence-corrected chi connectivity index (χ0v) is 14.9. The summed E-state index contributed by atoms with van der Waals surface area (Å²) in [5.74, 6) is 2.05. The molecule has 4 rings (SSSR count). The summed E-state index contributed by atoms with van der Waals surface area (Å²) in [6.45, 7) is 0.247. The first-order chi connectivity index (χ1) is 13.2. The van der Waals surface area contributed by atoms with Crippen molar-refractivity contribution in [3.05, 3.63) is 47.7 Å². The molecule has 1 aromatic carbocycles. The fourth-order valence-electron chi connectivity index (χ4n) is 2.41. The molecule has 1 atom stereocenters. The van der Waals surface area contributed by atoms with Crippen molar-refractivity contribution in [2.45, 2.75) is 6.10 Å². The van der Waals surface area contributed by atoms with Gasteiger partial charge in [0.25, 0.3) is 5.91 Å². The number of hydrogen-bond donors (Lipinski definition) is 2. The van der Waals surface area contributed by atoms with Crippen molar-refractivity contribution in [2.24, 2.45) is 0 Å². The second-order valence-electron chi connectivity index (χ2n) is 5.71. The average molecular weight is 388 g/mol. The van der Waals surface area contributed by atoms with E-state index < -0.39 is 6.10 Å². The van der Waals surface area contributed by atoms with Crippen LogP contribution >= 0.6 is 11.3 Å². The molecule has 0 aliphatic carbocycles. The van der Waals surface area contributed by atoms with Crippen LogP contribution in [0.1, 0.15) is 10.5 Å². The molecule has 27 heavy (non-hydrogen) atoms. The highest BCUT2D eigenvalue weighted by Gasteiger charge is 2.16. The SMILES string of the molecule is O=C(NCC(O)COc1ccc2c(c1)OCO2)c1csc(-c2ccco2)n1. The molecule has 0 fully saturated rings. The van der Waals surface area contributed by atoms with Gasteiger partial charge in [-0.05, 0) is 24.3 Å². The van der Waals surface area contributed by atoms with E-state index in [9.17, 15) is 9.90 Å². The number of aromatic nitrogens is 1. The molecule has 9 heteroatoms. The third-order valence-electron chi connectivity index (χ3n) is 3.75. The predicted octanol–water partition coefficient (Wildman–Crippen LogP) is 2.30. The molecule has 8 nitrogen and oxygen atoms in total. The van der Waals surface area contributed by atoms with Gasteiger partial charge in [0.15, 0.2) is 22.3 Å². The maximum Gasteiger partial charge on any atom is 0.270 e. The Labute approximate surface area is 158 Å². The molecule has 1 aliphatic rings. The number of aliphatic hydroxyl groups excluding tert-OH is 1. The highest BCUT2D eigenvalue weighted by atomic mass is 32.1. The second-order valence-corrected chi connectivity index (χ2v) is 6.56. The number of ether oxygens (including phenoxy) is 3. The Kier molecular flexibility index (Phi) is 4.95. The number of furan rings is 1. The summed E-state index contributed by atoms with van der Waals surface area (Å²) >= 11 is 1.31. The number of benzene rings is 1. The molecule has 1 amide bonds. The minimum atomic E-state index is -0.873. The molecule has 1 aliphatic heterocycles. The summed E-state index contributed by atoms with van der Waals surface area (Å²) in [5.41, 5.74) is 0.273. The van der Waals surface area contributed by atoms with Gasteiger partial charge in [-0.25, -0.2) is 4.98 Å². The molecular formula is C18H16N2O6S. The summed E-state index contributed by atoms with van der Waals surface area (Å²) < 4.78 is 21.3. The van der Waals surface area contributed by atoms with Crippen LogP contribution in [0.4, 0.5) is 0 Å². The van der Waals surface area contributed by atoms with Crippen molar-refractivity contribution in [1.82, 2.24) is 10.3 Å². The van der Waals surface area contributed by atoms with Crippen LogP contribution in [0, 0.1) is 0 Å². The van der Waals surface area contributed by atoms with Gasteiger partial charge in [0.2, 0.25) is 6.79 Å². The molecule has 3 heterocycles. The van der Waals surface area contributed by atoms with Crippen LogP contribution in [-0.4, -0.2) is 42.0 Å². The lowest BCUT2D eigenvalue weighted by Crippen LogP contribution is -2.35. The predicted molar refractivity (Wildman–Crippen MR) is 96.2 cm³/mol. The number of nitrogens with zero attached hydrogens (tertiary/aromatic N) is 1. The minimum absolute atomic E-state index is 0.0225. The van der Waals surface area contributed by atoms with Gasteiger partial charge < -0.3 is 29.1 Å². The lowest BCUT2D eigenvalue weighted by molar-refractivity contribution is 0.0840. The summed E-state index contributed by atoms with van der Waals surface area (Å²) in [6.07, 6.45) is 0.676. The van der Waals surface area contributed by atoms with Gasteiger partial charge in [-0.2, -0.15) is 0 Å². The van der Waals surface area contributed by atoms with Crippen LogP contribution in [0.3, 0.4) is 0 Å². The normalized spacial score (nSPS) is 13.4. The molecule has 2 aromatic heterocycles. The maximum atomic E-state index is 12.2. The van der Waals surface area contributed by atoms with Crippen LogP contribution in [0.15, 0.2) is 46.4 Å². The van der Waals surface area contributed by atoms with E-state index in [4.69, 9.17) is 18.6 Å². The van der Waals surface area contributed by atoms with Gasteiger partial charge in [0.1, 0.15) is 24.2 Å². The Morgan fingerprint density at radius 1 is 1.33 bits per heavy atom. The fraction of sp³-hybridized carbons (Fsp3) is 0.222. The number of amides is 1. The van der Waals surface area contributed by atoms with Crippen molar-refractivity contribution >= 4 is 17.2 Å². The van der Waals surface area contributed by atoms with E-state index in [1.165, 1.54) is 11.3 Å². The highest BCUT2D eigenvalue weighted by Crippen LogP contribution is 2.35. The minimum Gasteiger partial charge on any atom is -0.491 e. The third kappa shape index (κ3) is 4.04. The van der Waals surface area contributed by atoms with Crippen LogP contribution in [0.5, 0.6) is 17.2 Å². The smallest absolute Gasteiger partial charge is 0.270 e. The van der Waals surface area contributed by atoms with Gasteiger partial charge in [-0.3, -0.25) is 4.79 Å². The van der Waals surface area contributed by atoms with Crippen LogP contribution < -0.4 is 19.5 Å². The lowest BCUT2D eigenvalue weighted by atomic mass is 10.3. The molecule has 0 bridgehead atoms. The molecule has 0 radical (unpaired) electrons. The van der Waals surface area contributed by atoms with Crippen molar-refractivity contribution in [2.75, 3.05) is 19.9 Å². The topological polar surface area (TPSA) is 103 Å². The van der Waals surface area contributed by atoms with E-state index in [0.29, 0.717) is 28.0 Å². The van der Waals surface area contributed by atoms with Crippen LogP contribution in [-0.2, 0) is 0 Å². The second kappa shape index (κ2) is 7.68. The van der Waals surface area contributed by atoms with Gasteiger partial charge in [0, 0.05) is 18.0 Å². The monoisotopic (exact) mass is 388 g/mol. The Morgan fingerprint density at radius 3 is 3.07 bits per heavy atom. The zero-order valence-electron chi connectivity index (χ0n) is 14.1. The third-order valence-corrected chi connectivity index (χ3v) is 4.61. The van der Waals surface area contributed by atoms with Crippen molar-refractivity contribution in [3.63, 3.8) is 0 Å². The van der Waals surface area contributed by atoms with E-state index >= 15 is 0 Å². The van der Waals surface area contributed by atoms with E-state index in [-0.39, 0.29) is 31.5 Å². The average Bonchev–Trinajstić information content (AvgIpc) is 3.44. The maximum absolute atomic E-state index is 12.2. The van der Waals surface area contributed by atoms with E-state index in [1.807, 2.05) is 0 Å². The molecule has 1 unspecified atom stereocenters. The standard InChI is InChI=1S/C18H16N2O6S/c21-11(8-24-12-3-4-14-16(6-12)26-10-25-14)7-19-17(22)13-9-27-18(20-13)15-2-1-5-23-15/h1-6,9,11,21H,7-8,10H2,(H,19,22). The van der Waals surface area contributed by atoms with Gasteiger partial charge in [-0.1, -0.05) is 0 Å². The Hall–Kier alpha value is -3.04.